The van der Waals surface area contributed by atoms with Crippen molar-refractivity contribution in [3.05, 3.63) is 99.3 Å². The number of Topliss-reactive ketones (excluding diaryl/α,β-unsaturated/α-hetero) is 2. The van der Waals surface area contributed by atoms with Crippen molar-refractivity contribution in [2.24, 2.45) is 5.10 Å². The average Bonchev–Trinajstić information content (AvgIpc) is 3.60. The third-order valence-electron chi connectivity index (χ3n) is 7.22. The molecule has 9 nitrogen and oxygen atoms in total. The number of amidine groups is 1. The monoisotopic (exact) mass is 589 g/mol. The smallest absolute Gasteiger partial charge is 0.233 e. The van der Waals surface area contributed by atoms with Crippen molar-refractivity contribution < 1.29 is 19.1 Å². The van der Waals surface area contributed by atoms with E-state index in [1.54, 1.807) is 61.8 Å². The molecule has 1 aromatic heterocycles. The molecular formula is C30H25Cl2N5O4. The average molecular weight is 590 g/mol. The zero-order valence-corrected chi connectivity index (χ0v) is 24.0. The predicted molar refractivity (Wildman–Crippen MR) is 157 cm³/mol. The molecule has 0 aliphatic carbocycles. The highest BCUT2D eigenvalue weighted by Gasteiger charge is 2.44. The third-order valence-corrected chi connectivity index (χ3v) is 7.73. The van der Waals surface area contributed by atoms with Gasteiger partial charge in [0.05, 0.1) is 31.2 Å². The Kier molecular flexibility index (Phi) is 6.93. The Morgan fingerprint density at radius 2 is 1.51 bits per heavy atom. The van der Waals surface area contributed by atoms with Crippen LogP contribution in [0.5, 0.6) is 11.5 Å². The Balaban J connectivity index is 1.46. The molecule has 41 heavy (non-hydrogen) atoms. The molecule has 3 heterocycles. The summed E-state index contributed by atoms with van der Waals surface area (Å²) in [5.41, 5.74) is 3.64. The highest BCUT2D eigenvalue weighted by atomic mass is 35.5. The summed E-state index contributed by atoms with van der Waals surface area (Å²) in [5.74, 6) is 0.691. The molecule has 4 aromatic rings. The normalized spacial score (nSPS) is 15.7. The van der Waals surface area contributed by atoms with Crippen molar-refractivity contribution in [2.45, 2.75) is 19.5 Å². The van der Waals surface area contributed by atoms with E-state index in [-0.39, 0.29) is 22.9 Å². The van der Waals surface area contributed by atoms with Crippen LogP contribution in [0, 0.1) is 0 Å². The minimum Gasteiger partial charge on any atom is -0.493 e. The van der Waals surface area contributed by atoms with Gasteiger partial charge in [0.2, 0.25) is 5.78 Å². The summed E-state index contributed by atoms with van der Waals surface area (Å²) in [6.07, 6.45) is 1.78. The molecule has 11 heteroatoms. The number of methoxy groups -OCH3 is 2. The van der Waals surface area contributed by atoms with E-state index < -0.39 is 11.9 Å². The number of ether oxygens (including phenoxy) is 2. The van der Waals surface area contributed by atoms with Crippen LogP contribution in [0.1, 0.15) is 45.1 Å². The van der Waals surface area contributed by atoms with E-state index in [0.717, 1.165) is 16.8 Å². The Labute approximate surface area is 246 Å². The SMILES string of the molecule is COc1cc2c(cc1OC)C1N(CC2)C(C(=O)c2cn(-c3ccc(Cl)cc3)nc2C(C)=O)=NN1c1ccc(Cl)cc1. The highest BCUT2D eigenvalue weighted by Crippen LogP contribution is 2.44. The first-order valence-corrected chi connectivity index (χ1v) is 13.6. The van der Waals surface area contributed by atoms with E-state index in [1.807, 2.05) is 29.2 Å². The molecule has 3 aromatic carbocycles. The predicted octanol–water partition coefficient (Wildman–Crippen LogP) is 5.97. The van der Waals surface area contributed by atoms with Gasteiger partial charge in [-0.1, -0.05) is 23.2 Å². The van der Waals surface area contributed by atoms with E-state index in [0.29, 0.717) is 40.2 Å². The number of hydrogen-bond acceptors (Lipinski definition) is 8. The first-order chi connectivity index (χ1) is 19.8. The van der Waals surface area contributed by atoms with Crippen LogP contribution in [0.25, 0.3) is 5.69 Å². The summed E-state index contributed by atoms with van der Waals surface area (Å²) < 4.78 is 12.6. The van der Waals surface area contributed by atoms with Crippen LogP contribution in [0.4, 0.5) is 5.69 Å². The van der Waals surface area contributed by atoms with Crippen molar-refractivity contribution >= 4 is 46.3 Å². The lowest BCUT2D eigenvalue weighted by Gasteiger charge is -2.37. The number of rotatable bonds is 7. The number of anilines is 1. The van der Waals surface area contributed by atoms with Crippen molar-refractivity contribution in [1.29, 1.82) is 0 Å². The number of hydrogen-bond donors (Lipinski definition) is 0. The lowest BCUT2D eigenvalue weighted by molar-refractivity contribution is 0.0990. The molecule has 0 radical (unpaired) electrons. The first-order valence-electron chi connectivity index (χ1n) is 12.8. The van der Waals surface area contributed by atoms with Gasteiger partial charge in [-0.05, 0) is 72.6 Å². The van der Waals surface area contributed by atoms with Gasteiger partial charge < -0.3 is 14.4 Å². The van der Waals surface area contributed by atoms with Gasteiger partial charge in [-0.15, -0.1) is 5.10 Å². The number of hydrazone groups is 1. The van der Waals surface area contributed by atoms with Gasteiger partial charge in [0.1, 0.15) is 5.69 Å². The fourth-order valence-electron chi connectivity index (χ4n) is 5.24. The molecule has 0 saturated heterocycles. The van der Waals surface area contributed by atoms with Gasteiger partial charge in [-0.2, -0.15) is 5.10 Å². The first kappa shape index (κ1) is 26.9. The van der Waals surface area contributed by atoms with Crippen LogP contribution in [-0.2, 0) is 6.42 Å². The molecule has 1 atom stereocenters. The molecule has 0 saturated carbocycles. The van der Waals surface area contributed by atoms with Crippen LogP contribution in [-0.4, -0.2) is 52.8 Å². The topological polar surface area (TPSA) is 89.3 Å². The lowest BCUT2D eigenvalue weighted by atomic mass is 9.95. The molecule has 6 rings (SSSR count). The number of benzene rings is 3. The van der Waals surface area contributed by atoms with Gasteiger partial charge in [0.25, 0.3) is 0 Å². The zero-order chi connectivity index (χ0) is 28.8. The maximum absolute atomic E-state index is 14.2. The summed E-state index contributed by atoms with van der Waals surface area (Å²) in [6, 6.07) is 18.1. The molecule has 0 spiro atoms. The highest BCUT2D eigenvalue weighted by molar-refractivity contribution is 6.46. The van der Waals surface area contributed by atoms with Crippen molar-refractivity contribution in [2.75, 3.05) is 25.8 Å². The number of fused-ring (bicyclic) bond motifs is 3. The van der Waals surface area contributed by atoms with Gasteiger partial charge in [-0.3, -0.25) is 9.59 Å². The van der Waals surface area contributed by atoms with Gasteiger partial charge in [0.15, 0.2) is 29.3 Å². The number of aromatic nitrogens is 2. The molecule has 0 N–H and O–H groups in total. The summed E-state index contributed by atoms with van der Waals surface area (Å²) in [4.78, 5) is 28.8. The number of ketones is 2. The minimum absolute atomic E-state index is 0.0676. The number of carbonyl (C=O) groups excluding carboxylic acids is 2. The van der Waals surface area contributed by atoms with Crippen molar-refractivity contribution in [3.63, 3.8) is 0 Å². The Morgan fingerprint density at radius 3 is 2.12 bits per heavy atom. The Morgan fingerprint density at radius 1 is 0.902 bits per heavy atom. The Bertz CT molecular complexity index is 1700. The minimum atomic E-state index is -0.439. The summed E-state index contributed by atoms with van der Waals surface area (Å²) in [5, 5.41) is 12.2. The number of halogens is 2. The van der Waals surface area contributed by atoms with Crippen molar-refractivity contribution in [3.8, 4) is 17.2 Å². The number of carbonyl (C=O) groups is 2. The lowest BCUT2D eigenvalue weighted by Crippen LogP contribution is -2.43. The standard InChI is InChI=1S/C30H25Cl2N5O4/c1-17(38)27-24(16-36(33-27)21-8-4-19(31)5-9-21)28(39)29-34-37(22-10-6-20(32)7-11-22)30-23-15-26(41-3)25(40-2)14-18(23)12-13-35(29)30/h4-11,14-16,30H,12-13H2,1-3H3. The van der Waals surface area contributed by atoms with Crippen molar-refractivity contribution in [1.82, 2.24) is 14.7 Å². The quantitative estimate of drug-likeness (QED) is 0.245. The second-order valence-corrected chi connectivity index (χ2v) is 10.5. The van der Waals surface area contributed by atoms with Crippen LogP contribution in [0.2, 0.25) is 10.0 Å². The molecule has 0 fully saturated rings. The molecule has 1 unspecified atom stereocenters. The fourth-order valence-corrected chi connectivity index (χ4v) is 5.49. The van der Waals surface area contributed by atoms with E-state index in [2.05, 4.69) is 5.10 Å². The summed E-state index contributed by atoms with van der Waals surface area (Å²) in [6.45, 7) is 1.91. The van der Waals surface area contributed by atoms with E-state index >= 15 is 0 Å². The zero-order valence-electron chi connectivity index (χ0n) is 22.5. The van der Waals surface area contributed by atoms with E-state index in [1.165, 1.54) is 11.6 Å². The maximum Gasteiger partial charge on any atom is 0.233 e. The van der Waals surface area contributed by atoms with Gasteiger partial charge in [0, 0.05) is 35.3 Å². The van der Waals surface area contributed by atoms with Gasteiger partial charge in [-0.25, -0.2) is 9.69 Å². The maximum atomic E-state index is 14.2. The Hall–Kier alpha value is -4.34. The molecule has 208 valence electrons. The van der Waals surface area contributed by atoms with E-state index in [9.17, 15) is 9.59 Å². The number of nitrogens with zero attached hydrogens (tertiary/aromatic N) is 5. The summed E-state index contributed by atoms with van der Waals surface area (Å²) >= 11 is 12.2. The second kappa shape index (κ2) is 10.6. The molecule has 0 bridgehead atoms. The fraction of sp³-hybridized carbons (Fsp3) is 0.200. The second-order valence-electron chi connectivity index (χ2n) is 9.67. The van der Waals surface area contributed by atoms with Crippen LogP contribution < -0.4 is 14.5 Å². The van der Waals surface area contributed by atoms with Crippen LogP contribution >= 0.6 is 23.2 Å². The largest absolute Gasteiger partial charge is 0.493 e. The van der Waals surface area contributed by atoms with Gasteiger partial charge >= 0.3 is 0 Å². The molecule has 2 aliphatic heterocycles. The molecule has 2 aliphatic rings. The summed E-state index contributed by atoms with van der Waals surface area (Å²) in [7, 11) is 3.19. The van der Waals surface area contributed by atoms with Crippen LogP contribution in [0.3, 0.4) is 0 Å². The molecule has 0 amide bonds. The molecular weight excluding hydrogens is 565 g/mol. The third kappa shape index (κ3) is 4.71. The van der Waals surface area contributed by atoms with E-state index in [4.69, 9.17) is 37.8 Å². The van der Waals surface area contributed by atoms with Crippen LogP contribution in [0.15, 0.2) is 72.0 Å².